The largest absolute Gasteiger partial charge is 0.481 e. The minimum atomic E-state index is -1.23. The molecule has 1 aromatic carbocycles. The molecule has 1 rings (SSSR count). The zero-order chi connectivity index (χ0) is 12.8. The Morgan fingerprint density at radius 3 is 2.29 bits per heavy atom. The summed E-state index contributed by atoms with van der Waals surface area (Å²) in [6, 6.07) is 4.36. The normalized spacial score (nSPS) is 12.1. The predicted molar refractivity (Wildman–Crippen MR) is 56.9 cm³/mol. The highest BCUT2D eigenvalue weighted by Crippen LogP contribution is 2.03. The number of carboxylic acid groups (broad SMARTS) is 2. The first-order chi connectivity index (χ1) is 7.99. The molecule has 92 valence electrons. The molecule has 1 unspecified atom stereocenters. The molecule has 0 spiro atoms. The lowest BCUT2D eigenvalue weighted by molar-refractivity contribution is -0.146. The summed E-state index contributed by atoms with van der Waals surface area (Å²) in [6.45, 7) is 0.171. The van der Waals surface area contributed by atoms with Gasteiger partial charge in [0.15, 0.2) is 0 Å². The van der Waals surface area contributed by atoms with Crippen LogP contribution < -0.4 is 5.32 Å². The lowest BCUT2D eigenvalue weighted by Crippen LogP contribution is -2.38. The van der Waals surface area contributed by atoms with Crippen molar-refractivity contribution < 1.29 is 24.2 Å². The number of carboxylic acids is 2. The summed E-state index contributed by atoms with van der Waals surface area (Å²) in [6.07, 6.45) is -0.503. The lowest BCUT2D eigenvalue weighted by Gasteiger charge is -2.12. The second-order valence-electron chi connectivity index (χ2n) is 3.50. The van der Waals surface area contributed by atoms with Crippen molar-refractivity contribution in [3.63, 3.8) is 0 Å². The maximum atomic E-state index is 12.6. The number of hydrogen-bond acceptors (Lipinski definition) is 3. The van der Waals surface area contributed by atoms with Crippen LogP contribution in [0.15, 0.2) is 24.3 Å². The molecule has 0 bridgehead atoms. The van der Waals surface area contributed by atoms with Crippen LogP contribution >= 0.6 is 0 Å². The summed E-state index contributed by atoms with van der Waals surface area (Å²) < 4.78 is 12.6. The molecule has 0 aromatic heterocycles. The Morgan fingerprint density at radius 2 is 1.82 bits per heavy atom. The van der Waals surface area contributed by atoms with E-state index in [1.165, 1.54) is 24.3 Å². The Labute approximate surface area is 96.9 Å². The second-order valence-corrected chi connectivity index (χ2v) is 3.50. The van der Waals surface area contributed by atoms with E-state index in [-0.39, 0.29) is 12.4 Å². The standard InChI is InChI=1S/C11H12FNO4/c12-8-3-1-7(2-4-8)6-13-9(11(16)17)5-10(14)15/h1-4,9,13H,5-6H2,(H,14,15)(H,16,17). The first kappa shape index (κ1) is 13.1. The molecule has 0 amide bonds. The molecule has 17 heavy (non-hydrogen) atoms. The molecule has 5 nitrogen and oxygen atoms in total. The molecule has 1 atom stereocenters. The maximum absolute atomic E-state index is 12.6. The van der Waals surface area contributed by atoms with E-state index in [4.69, 9.17) is 10.2 Å². The molecule has 0 aliphatic carbocycles. The minimum Gasteiger partial charge on any atom is -0.481 e. The van der Waals surface area contributed by atoms with Crippen LogP contribution in [0.1, 0.15) is 12.0 Å². The SMILES string of the molecule is O=C(O)CC(NCc1ccc(F)cc1)C(=O)O. The first-order valence-electron chi connectivity index (χ1n) is 4.91. The Balaban J connectivity index is 2.54. The molecule has 0 saturated heterocycles. The number of halogens is 1. The van der Waals surface area contributed by atoms with Crippen LogP contribution in [0.3, 0.4) is 0 Å². The molecular formula is C11H12FNO4. The number of rotatable bonds is 6. The van der Waals surface area contributed by atoms with E-state index in [0.29, 0.717) is 5.56 Å². The highest BCUT2D eigenvalue weighted by molar-refractivity contribution is 5.80. The maximum Gasteiger partial charge on any atom is 0.321 e. The summed E-state index contributed by atoms with van der Waals surface area (Å²) in [4.78, 5) is 21.1. The fraction of sp³-hybridized carbons (Fsp3) is 0.273. The smallest absolute Gasteiger partial charge is 0.321 e. The highest BCUT2D eigenvalue weighted by Gasteiger charge is 2.19. The number of hydrogen-bond donors (Lipinski definition) is 3. The fourth-order valence-corrected chi connectivity index (χ4v) is 1.26. The molecule has 6 heteroatoms. The van der Waals surface area contributed by atoms with Crippen LogP contribution in [-0.4, -0.2) is 28.2 Å². The molecule has 0 radical (unpaired) electrons. The van der Waals surface area contributed by atoms with Gasteiger partial charge in [0, 0.05) is 6.54 Å². The van der Waals surface area contributed by atoms with E-state index in [2.05, 4.69) is 5.32 Å². The van der Waals surface area contributed by atoms with Crippen LogP contribution in [0, 0.1) is 5.82 Å². The van der Waals surface area contributed by atoms with Gasteiger partial charge in [0.25, 0.3) is 0 Å². The van der Waals surface area contributed by atoms with Crippen molar-refractivity contribution >= 4 is 11.9 Å². The molecule has 0 aliphatic heterocycles. The zero-order valence-corrected chi connectivity index (χ0v) is 8.89. The number of aliphatic carboxylic acids is 2. The van der Waals surface area contributed by atoms with Crippen molar-refractivity contribution in [3.05, 3.63) is 35.6 Å². The van der Waals surface area contributed by atoms with Gasteiger partial charge in [-0.05, 0) is 17.7 Å². The van der Waals surface area contributed by atoms with Crippen LogP contribution in [0.2, 0.25) is 0 Å². The van der Waals surface area contributed by atoms with E-state index in [9.17, 15) is 14.0 Å². The fourth-order valence-electron chi connectivity index (χ4n) is 1.26. The Hall–Kier alpha value is -1.95. The van der Waals surface area contributed by atoms with Crippen molar-refractivity contribution in [2.45, 2.75) is 19.0 Å². The van der Waals surface area contributed by atoms with Crippen molar-refractivity contribution in [2.75, 3.05) is 0 Å². The molecule has 0 aliphatic rings. The second kappa shape index (κ2) is 5.95. The van der Waals surface area contributed by atoms with Crippen molar-refractivity contribution in [1.82, 2.24) is 5.32 Å². The van der Waals surface area contributed by atoms with Gasteiger partial charge < -0.3 is 10.2 Å². The third-order valence-corrected chi connectivity index (χ3v) is 2.14. The monoisotopic (exact) mass is 241 g/mol. The average Bonchev–Trinajstić information content (AvgIpc) is 2.25. The Morgan fingerprint density at radius 1 is 1.24 bits per heavy atom. The molecule has 0 fully saturated rings. The van der Waals surface area contributed by atoms with Crippen molar-refractivity contribution in [3.8, 4) is 0 Å². The van der Waals surface area contributed by atoms with Crippen molar-refractivity contribution in [1.29, 1.82) is 0 Å². The van der Waals surface area contributed by atoms with Gasteiger partial charge in [-0.15, -0.1) is 0 Å². The van der Waals surface area contributed by atoms with E-state index in [1.54, 1.807) is 0 Å². The first-order valence-corrected chi connectivity index (χ1v) is 4.91. The Kier molecular flexibility index (Phi) is 4.59. The van der Waals surface area contributed by atoms with Gasteiger partial charge >= 0.3 is 11.9 Å². The van der Waals surface area contributed by atoms with Crippen LogP contribution in [0.25, 0.3) is 0 Å². The van der Waals surface area contributed by atoms with E-state index in [1.807, 2.05) is 0 Å². The lowest BCUT2D eigenvalue weighted by atomic mass is 10.1. The summed E-state index contributed by atoms with van der Waals surface area (Å²) >= 11 is 0. The van der Waals surface area contributed by atoms with Crippen molar-refractivity contribution in [2.24, 2.45) is 0 Å². The number of carbonyl (C=O) groups is 2. The summed E-state index contributed by atoms with van der Waals surface area (Å²) in [5.41, 5.74) is 0.683. The average molecular weight is 241 g/mol. The van der Waals surface area contributed by atoms with Gasteiger partial charge in [0.1, 0.15) is 11.9 Å². The van der Waals surface area contributed by atoms with Gasteiger partial charge in [-0.3, -0.25) is 14.9 Å². The quantitative estimate of drug-likeness (QED) is 0.687. The predicted octanol–water partition coefficient (Wildman–Crippen LogP) is 0.843. The molecule has 0 heterocycles. The number of benzene rings is 1. The number of nitrogens with one attached hydrogen (secondary N) is 1. The summed E-state index contributed by atoms with van der Waals surface area (Å²) in [5, 5.41) is 19.9. The van der Waals surface area contributed by atoms with Gasteiger partial charge in [0.2, 0.25) is 0 Å². The molecule has 1 aromatic rings. The molecule has 0 saturated carbocycles. The van der Waals surface area contributed by atoms with Crippen LogP contribution in [0.5, 0.6) is 0 Å². The third kappa shape index (κ3) is 4.60. The van der Waals surface area contributed by atoms with Gasteiger partial charge in [-0.1, -0.05) is 12.1 Å². The van der Waals surface area contributed by atoms with Gasteiger partial charge in [-0.2, -0.15) is 0 Å². The van der Waals surface area contributed by atoms with E-state index < -0.39 is 24.4 Å². The highest BCUT2D eigenvalue weighted by atomic mass is 19.1. The topological polar surface area (TPSA) is 86.6 Å². The minimum absolute atomic E-state index is 0.171. The zero-order valence-electron chi connectivity index (χ0n) is 8.89. The summed E-state index contributed by atoms with van der Waals surface area (Å²) in [7, 11) is 0. The van der Waals surface area contributed by atoms with Gasteiger partial charge in [0.05, 0.1) is 6.42 Å². The van der Waals surface area contributed by atoms with E-state index in [0.717, 1.165) is 0 Å². The third-order valence-electron chi connectivity index (χ3n) is 2.14. The van der Waals surface area contributed by atoms with E-state index >= 15 is 0 Å². The Bertz CT molecular complexity index is 404. The molecular weight excluding hydrogens is 229 g/mol. The summed E-state index contributed by atoms with van der Waals surface area (Å²) in [5.74, 6) is -2.80. The molecule has 3 N–H and O–H groups in total. The van der Waals surface area contributed by atoms with Crippen LogP contribution in [0.4, 0.5) is 4.39 Å². The van der Waals surface area contributed by atoms with Gasteiger partial charge in [-0.25, -0.2) is 4.39 Å². The van der Waals surface area contributed by atoms with Crippen LogP contribution in [-0.2, 0) is 16.1 Å².